The van der Waals surface area contributed by atoms with Crippen molar-refractivity contribution in [3.8, 4) is 0 Å². The van der Waals surface area contributed by atoms with Gasteiger partial charge in [0.05, 0.1) is 12.1 Å². The van der Waals surface area contributed by atoms with Gasteiger partial charge < -0.3 is 15.3 Å². The van der Waals surface area contributed by atoms with Gasteiger partial charge in [-0.2, -0.15) is 0 Å². The van der Waals surface area contributed by atoms with E-state index in [0.717, 1.165) is 10.6 Å². The highest BCUT2D eigenvalue weighted by molar-refractivity contribution is 6.30. The Morgan fingerprint density at radius 3 is 2.42 bits per heavy atom. The average molecular weight is 345 g/mol. The molecule has 1 saturated heterocycles. The molecular weight excluding hydrogens is 324 g/mol. The first-order valence-corrected chi connectivity index (χ1v) is 8.46. The van der Waals surface area contributed by atoms with E-state index in [9.17, 15) is 9.90 Å². The van der Waals surface area contributed by atoms with Gasteiger partial charge in [0, 0.05) is 24.0 Å². The quantitative estimate of drug-likeness (QED) is 0.890. The molecule has 2 aromatic rings. The number of rotatable bonds is 4. The van der Waals surface area contributed by atoms with Crippen molar-refractivity contribution in [2.24, 2.45) is 0 Å². The van der Waals surface area contributed by atoms with Crippen LogP contribution in [0.1, 0.15) is 30.1 Å². The summed E-state index contributed by atoms with van der Waals surface area (Å²) in [7, 11) is 0. The number of aliphatic hydroxyl groups is 1. The second-order valence-electron chi connectivity index (χ2n) is 6.25. The second kappa shape index (κ2) is 7.24. The number of benzene rings is 2. The third-order valence-corrected chi connectivity index (χ3v) is 4.73. The molecule has 2 unspecified atom stereocenters. The van der Waals surface area contributed by atoms with Crippen molar-refractivity contribution >= 4 is 17.6 Å². The van der Waals surface area contributed by atoms with Crippen LogP contribution in [0.4, 0.5) is 4.79 Å². The van der Waals surface area contributed by atoms with Gasteiger partial charge in [-0.1, -0.05) is 54.1 Å². The number of aliphatic hydroxyl groups excluding tert-OH is 1. The molecule has 1 aliphatic rings. The summed E-state index contributed by atoms with van der Waals surface area (Å²) in [5.74, 6) is 0.349. The number of nitrogens with one attached hydrogen (secondary N) is 1. The molecule has 0 aliphatic carbocycles. The molecule has 0 saturated carbocycles. The predicted molar refractivity (Wildman–Crippen MR) is 95.2 cm³/mol. The van der Waals surface area contributed by atoms with Crippen LogP contribution in [0.5, 0.6) is 0 Å². The van der Waals surface area contributed by atoms with Crippen LogP contribution in [0.2, 0.25) is 5.02 Å². The molecule has 0 radical (unpaired) electrons. The Morgan fingerprint density at radius 1 is 1.17 bits per heavy atom. The largest absolute Gasteiger partial charge is 0.386 e. The summed E-state index contributed by atoms with van der Waals surface area (Å²) in [6, 6.07) is 16.6. The normalized spacial score (nSPS) is 17.0. The van der Waals surface area contributed by atoms with Crippen LogP contribution in [-0.2, 0) is 0 Å². The monoisotopic (exact) mass is 344 g/mol. The molecule has 2 atom stereocenters. The molecule has 2 N–H and O–H groups in total. The minimum absolute atomic E-state index is 0.136. The maximum Gasteiger partial charge on any atom is 0.317 e. The minimum atomic E-state index is -0.719. The van der Waals surface area contributed by atoms with Crippen molar-refractivity contribution in [2.75, 3.05) is 13.1 Å². The number of hydrogen-bond donors (Lipinski definition) is 2. The number of halogens is 1. The van der Waals surface area contributed by atoms with E-state index in [4.69, 9.17) is 11.6 Å². The lowest BCUT2D eigenvalue weighted by atomic mass is 9.92. The van der Waals surface area contributed by atoms with E-state index in [-0.39, 0.29) is 12.1 Å². The molecule has 126 valence electrons. The molecule has 1 heterocycles. The molecule has 3 rings (SSSR count). The molecule has 0 aromatic heterocycles. The summed E-state index contributed by atoms with van der Waals surface area (Å²) in [5.41, 5.74) is 1.99. The first kappa shape index (κ1) is 16.8. The minimum Gasteiger partial charge on any atom is -0.386 e. The van der Waals surface area contributed by atoms with Crippen molar-refractivity contribution in [3.05, 3.63) is 70.7 Å². The van der Waals surface area contributed by atoms with E-state index in [1.165, 1.54) is 5.56 Å². The van der Waals surface area contributed by atoms with Crippen molar-refractivity contribution in [2.45, 2.75) is 25.0 Å². The molecular formula is C19H21ClN2O2. The molecule has 24 heavy (non-hydrogen) atoms. The average Bonchev–Trinajstić information content (AvgIpc) is 2.55. The number of hydrogen-bond acceptors (Lipinski definition) is 2. The number of amides is 2. The molecule has 5 heteroatoms. The molecule has 0 bridgehead atoms. The summed E-state index contributed by atoms with van der Waals surface area (Å²) in [5, 5.41) is 13.9. The van der Waals surface area contributed by atoms with Gasteiger partial charge >= 0.3 is 6.03 Å². The van der Waals surface area contributed by atoms with Crippen LogP contribution < -0.4 is 5.32 Å². The van der Waals surface area contributed by atoms with Crippen LogP contribution in [-0.4, -0.2) is 35.2 Å². The molecule has 1 aliphatic heterocycles. The molecule has 4 nitrogen and oxygen atoms in total. The highest BCUT2D eigenvalue weighted by Gasteiger charge is 2.32. The van der Waals surface area contributed by atoms with Gasteiger partial charge in [-0.25, -0.2) is 4.79 Å². The van der Waals surface area contributed by atoms with E-state index >= 15 is 0 Å². The number of carbonyl (C=O) groups excluding carboxylic acids is 1. The van der Waals surface area contributed by atoms with E-state index < -0.39 is 6.10 Å². The SMILES string of the molecule is CC(NC(=O)N1CC(c2ccc(Cl)cc2)C1)C(O)c1ccccc1. The van der Waals surface area contributed by atoms with Crippen LogP contribution in [0.15, 0.2) is 54.6 Å². The second-order valence-corrected chi connectivity index (χ2v) is 6.68. The Labute approximate surface area is 147 Å². The van der Waals surface area contributed by atoms with Crippen molar-refractivity contribution < 1.29 is 9.90 Å². The van der Waals surface area contributed by atoms with Crippen LogP contribution in [0, 0.1) is 0 Å². The first-order valence-electron chi connectivity index (χ1n) is 8.08. The number of nitrogens with zero attached hydrogens (tertiary/aromatic N) is 1. The molecule has 1 fully saturated rings. The Balaban J connectivity index is 1.50. The summed E-state index contributed by atoms with van der Waals surface area (Å²) < 4.78 is 0. The Hall–Kier alpha value is -2.04. The lowest BCUT2D eigenvalue weighted by Crippen LogP contribution is -2.54. The van der Waals surface area contributed by atoms with Crippen LogP contribution in [0.25, 0.3) is 0 Å². The summed E-state index contributed by atoms with van der Waals surface area (Å²) in [6.45, 7) is 3.18. The highest BCUT2D eigenvalue weighted by Crippen LogP contribution is 2.28. The Morgan fingerprint density at radius 2 is 1.79 bits per heavy atom. The van der Waals surface area contributed by atoms with Gasteiger partial charge in [0.2, 0.25) is 0 Å². The third kappa shape index (κ3) is 3.71. The van der Waals surface area contributed by atoms with E-state index in [1.807, 2.05) is 61.5 Å². The van der Waals surface area contributed by atoms with Gasteiger partial charge in [0.1, 0.15) is 0 Å². The van der Waals surface area contributed by atoms with Gasteiger partial charge in [-0.05, 0) is 30.2 Å². The van der Waals surface area contributed by atoms with Gasteiger partial charge in [-0.15, -0.1) is 0 Å². The lowest BCUT2D eigenvalue weighted by Gasteiger charge is -2.40. The van der Waals surface area contributed by atoms with Crippen molar-refractivity contribution in [1.82, 2.24) is 10.2 Å². The van der Waals surface area contributed by atoms with Crippen LogP contribution in [0.3, 0.4) is 0 Å². The Bertz CT molecular complexity index is 684. The van der Waals surface area contributed by atoms with Gasteiger partial charge in [-0.3, -0.25) is 0 Å². The Kier molecular flexibility index (Phi) is 5.07. The lowest BCUT2D eigenvalue weighted by molar-refractivity contribution is 0.116. The highest BCUT2D eigenvalue weighted by atomic mass is 35.5. The number of carbonyl (C=O) groups is 1. The van der Waals surface area contributed by atoms with E-state index in [0.29, 0.717) is 19.0 Å². The first-order chi connectivity index (χ1) is 11.5. The molecule has 2 aromatic carbocycles. The van der Waals surface area contributed by atoms with E-state index in [2.05, 4.69) is 5.32 Å². The van der Waals surface area contributed by atoms with Gasteiger partial charge in [0.25, 0.3) is 0 Å². The fraction of sp³-hybridized carbons (Fsp3) is 0.316. The smallest absolute Gasteiger partial charge is 0.317 e. The topological polar surface area (TPSA) is 52.6 Å². The third-order valence-electron chi connectivity index (χ3n) is 4.48. The summed E-state index contributed by atoms with van der Waals surface area (Å²) in [4.78, 5) is 14.0. The number of urea groups is 1. The molecule has 0 spiro atoms. The van der Waals surface area contributed by atoms with Crippen molar-refractivity contribution in [3.63, 3.8) is 0 Å². The van der Waals surface area contributed by atoms with E-state index in [1.54, 1.807) is 4.90 Å². The van der Waals surface area contributed by atoms with Crippen molar-refractivity contribution in [1.29, 1.82) is 0 Å². The van der Waals surface area contributed by atoms with Crippen LogP contribution >= 0.6 is 11.6 Å². The molecule has 2 amide bonds. The predicted octanol–water partition coefficient (Wildman–Crippen LogP) is 3.57. The fourth-order valence-corrected chi connectivity index (χ4v) is 3.02. The zero-order valence-electron chi connectivity index (χ0n) is 13.5. The zero-order chi connectivity index (χ0) is 17.1. The standard InChI is InChI=1S/C19H21ClN2O2/c1-13(18(23)15-5-3-2-4-6-15)21-19(24)22-11-16(12-22)14-7-9-17(20)10-8-14/h2-10,13,16,18,23H,11-12H2,1H3,(H,21,24). The maximum absolute atomic E-state index is 12.3. The number of likely N-dealkylation sites (tertiary alicyclic amines) is 1. The summed E-state index contributed by atoms with van der Waals surface area (Å²) >= 11 is 5.90. The summed E-state index contributed by atoms with van der Waals surface area (Å²) in [6.07, 6.45) is -0.719. The zero-order valence-corrected chi connectivity index (χ0v) is 14.3. The maximum atomic E-state index is 12.3. The fourth-order valence-electron chi connectivity index (χ4n) is 2.89. The van der Waals surface area contributed by atoms with Gasteiger partial charge in [0.15, 0.2) is 0 Å².